The van der Waals surface area contributed by atoms with Gasteiger partial charge in [-0.25, -0.2) is 0 Å². The molecule has 2 heteroatoms. The zero-order valence-corrected chi connectivity index (χ0v) is 9.53. The molecule has 1 aliphatic rings. The third-order valence-electron chi connectivity index (χ3n) is 2.61. The summed E-state index contributed by atoms with van der Waals surface area (Å²) in [4.78, 5) is 11.6. The molecule has 76 valence electrons. The normalized spacial score (nSPS) is 18.4. The summed E-state index contributed by atoms with van der Waals surface area (Å²) < 4.78 is 0. The SMILES string of the molecule is CC(C)SCCC(=O)C1CCCC1. The van der Waals surface area contributed by atoms with Gasteiger partial charge in [-0.05, 0) is 18.1 Å². The van der Waals surface area contributed by atoms with E-state index in [0.717, 1.165) is 25.0 Å². The molecule has 0 N–H and O–H groups in total. The number of ketones is 1. The van der Waals surface area contributed by atoms with Crippen molar-refractivity contribution in [1.82, 2.24) is 0 Å². The smallest absolute Gasteiger partial charge is 0.136 e. The van der Waals surface area contributed by atoms with Crippen LogP contribution >= 0.6 is 11.8 Å². The van der Waals surface area contributed by atoms with Gasteiger partial charge < -0.3 is 0 Å². The van der Waals surface area contributed by atoms with Gasteiger partial charge in [0, 0.05) is 18.1 Å². The van der Waals surface area contributed by atoms with Crippen LogP contribution in [0.2, 0.25) is 0 Å². The third-order valence-corrected chi connectivity index (χ3v) is 3.72. The van der Waals surface area contributed by atoms with Gasteiger partial charge in [-0.3, -0.25) is 4.79 Å². The van der Waals surface area contributed by atoms with Crippen LogP contribution in [-0.4, -0.2) is 16.8 Å². The van der Waals surface area contributed by atoms with E-state index in [1.807, 2.05) is 11.8 Å². The highest BCUT2D eigenvalue weighted by Crippen LogP contribution is 2.27. The molecular weight excluding hydrogens is 180 g/mol. The van der Waals surface area contributed by atoms with E-state index >= 15 is 0 Å². The van der Waals surface area contributed by atoms with Crippen LogP contribution in [-0.2, 0) is 4.79 Å². The Morgan fingerprint density at radius 1 is 1.38 bits per heavy atom. The first kappa shape index (κ1) is 11.1. The number of Topliss-reactive ketones (excluding diaryl/α,β-unsaturated/α-hetero) is 1. The minimum absolute atomic E-state index is 0.424. The third kappa shape index (κ3) is 4.17. The maximum atomic E-state index is 11.6. The summed E-state index contributed by atoms with van der Waals surface area (Å²) in [6.07, 6.45) is 5.66. The summed E-state index contributed by atoms with van der Waals surface area (Å²) in [6, 6.07) is 0. The Labute approximate surface area is 85.7 Å². The number of hydrogen-bond donors (Lipinski definition) is 0. The van der Waals surface area contributed by atoms with Gasteiger partial charge in [-0.15, -0.1) is 0 Å². The van der Waals surface area contributed by atoms with Crippen LogP contribution in [0.4, 0.5) is 0 Å². The van der Waals surface area contributed by atoms with Crippen molar-refractivity contribution in [2.45, 2.75) is 51.2 Å². The Morgan fingerprint density at radius 3 is 2.54 bits per heavy atom. The molecule has 0 aromatic carbocycles. The summed E-state index contributed by atoms with van der Waals surface area (Å²) in [5, 5.41) is 0.663. The fourth-order valence-electron chi connectivity index (χ4n) is 1.85. The maximum absolute atomic E-state index is 11.6. The topological polar surface area (TPSA) is 17.1 Å². The molecule has 1 rings (SSSR count). The second-order valence-corrected chi connectivity index (χ2v) is 5.80. The lowest BCUT2D eigenvalue weighted by Crippen LogP contribution is -2.11. The van der Waals surface area contributed by atoms with Crippen molar-refractivity contribution in [2.24, 2.45) is 5.92 Å². The number of carbonyl (C=O) groups excluding carboxylic acids is 1. The number of carbonyl (C=O) groups is 1. The molecule has 0 amide bonds. The molecule has 1 aliphatic carbocycles. The molecule has 0 unspecified atom stereocenters. The van der Waals surface area contributed by atoms with E-state index in [9.17, 15) is 4.79 Å². The Balaban J connectivity index is 2.10. The molecule has 13 heavy (non-hydrogen) atoms. The average Bonchev–Trinajstić information content (AvgIpc) is 2.55. The van der Waals surface area contributed by atoms with E-state index in [1.54, 1.807) is 0 Å². The molecule has 0 radical (unpaired) electrons. The molecule has 1 nitrogen and oxygen atoms in total. The van der Waals surface area contributed by atoms with Crippen LogP contribution in [0.3, 0.4) is 0 Å². The van der Waals surface area contributed by atoms with E-state index < -0.39 is 0 Å². The fourth-order valence-corrected chi connectivity index (χ4v) is 2.64. The minimum atomic E-state index is 0.424. The van der Waals surface area contributed by atoms with Crippen molar-refractivity contribution in [3.63, 3.8) is 0 Å². The van der Waals surface area contributed by atoms with Crippen LogP contribution in [0.5, 0.6) is 0 Å². The molecule has 0 saturated heterocycles. The van der Waals surface area contributed by atoms with Crippen LogP contribution in [0.15, 0.2) is 0 Å². The van der Waals surface area contributed by atoms with E-state index in [-0.39, 0.29) is 0 Å². The molecule has 0 spiro atoms. The van der Waals surface area contributed by atoms with E-state index in [1.165, 1.54) is 12.8 Å². The van der Waals surface area contributed by atoms with Gasteiger partial charge in [0.15, 0.2) is 0 Å². The van der Waals surface area contributed by atoms with Gasteiger partial charge in [0.1, 0.15) is 5.78 Å². The molecular formula is C11H20OS. The van der Waals surface area contributed by atoms with Crippen LogP contribution in [0.1, 0.15) is 46.0 Å². The molecule has 1 saturated carbocycles. The fraction of sp³-hybridized carbons (Fsp3) is 0.909. The minimum Gasteiger partial charge on any atom is -0.299 e. The van der Waals surface area contributed by atoms with Crippen LogP contribution in [0, 0.1) is 5.92 Å². The first-order valence-electron chi connectivity index (χ1n) is 5.34. The number of thioether (sulfide) groups is 1. The molecule has 1 fully saturated rings. The zero-order valence-electron chi connectivity index (χ0n) is 8.71. The van der Waals surface area contributed by atoms with Crippen molar-refractivity contribution in [2.75, 3.05) is 5.75 Å². The molecule has 0 aromatic rings. The van der Waals surface area contributed by atoms with Gasteiger partial charge in [-0.2, -0.15) is 11.8 Å². The standard InChI is InChI=1S/C11H20OS/c1-9(2)13-8-7-11(12)10-5-3-4-6-10/h9-10H,3-8H2,1-2H3. The van der Waals surface area contributed by atoms with Crippen molar-refractivity contribution in [3.05, 3.63) is 0 Å². The van der Waals surface area contributed by atoms with Crippen LogP contribution in [0.25, 0.3) is 0 Å². The number of rotatable bonds is 5. The van der Waals surface area contributed by atoms with E-state index in [2.05, 4.69) is 13.8 Å². The summed E-state index contributed by atoms with van der Waals surface area (Å²) in [6.45, 7) is 4.37. The highest BCUT2D eigenvalue weighted by molar-refractivity contribution is 7.99. The van der Waals surface area contributed by atoms with Crippen LogP contribution < -0.4 is 0 Å². The second-order valence-electron chi connectivity index (χ2n) is 4.12. The highest BCUT2D eigenvalue weighted by Gasteiger charge is 2.21. The van der Waals surface area contributed by atoms with Gasteiger partial charge in [0.05, 0.1) is 0 Å². The highest BCUT2D eigenvalue weighted by atomic mass is 32.2. The predicted molar refractivity (Wildman–Crippen MR) is 59.2 cm³/mol. The lowest BCUT2D eigenvalue weighted by Gasteiger charge is -2.08. The monoisotopic (exact) mass is 200 g/mol. The lowest BCUT2D eigenvalue weighted by molar-refractivity contribution is -0.122. The Morgan fingerprint density at radius 2 is 2.00 bits per heavy atom. The molecule has 0 aromatic heterocycles. The van der Waals surface area contributed by atoms with Crippen molar-refractivity contribution in [1.29, 1.82) is 0 Å². The van der Waals surface area contributed by atoms with E-state index in [4.69, 9.17) is 0 Å². The molecule has 0 atom stereocenters. The van der Waals surface area contributed by atoms with Crippen molar-refractivity contribution >= 4 is 17.5 Å². The van der Waals surface area contributed by atoms with Gasteiger partial charge in [0.2, 0.25) is 0 Å². The lowest BCUT2D eigenvalue weighted by atomic mass is 10.0. The summed E-state index contributed by atoms with van der Waals surface area (Å²) in [5.41, 5.74) is 0. The molecule has 0 aliphatic heterocycles. The Bertz CT molecular complexity index is 159. The Hall–Kier alpha value is 0.0200. The largest absolute Gasteiger partial charge is 0.299 e. The van der Waals surface area contributed by atoms with Gasteiger partial charge in [0.25, 0.3) is 0 Å². The summed E-state index contributed by atoms with van der Waals surface area (Å²) in [7, 11) is 0. The van der Waals surface area contributed by atoms with Gasteiger partial charge in [-0.1, -0.05) is 26.7 Å². The van der Waals surface area contributed by atoms with Crippen molar-refractivity contribution in [3.8, 4) is 0 Å². The number of hydrogen-bond acceptors (Lipinski definition) is 2. The molecule has 0 bridgehead atoms. The summed E-state index contributed by atoms with van der Waals surface area (Å²) in [5.74, 6) is 1.96. The second kappa shape index (κ2) is 5.69. The van der Waals surface area contributed by atoms with Crippen molar-refractivity contribution < 1.29 is 4.79 Å². The van der Waals surface area contributed by atoms with Gasteiger partial charge >= 0.3 is 0 Å². The molecule has 0 heterocycles. The Kier molecular flexibility index (Phi) is 4.86. The predicted octanol–water partition coefficient (Wildman–Crippen LogP) is 3.28. The quantitative estimate of drug-likeness (QED) is 0.677. The summed E-state index contributed by atoms with van der Waals surface area (Å²) >= 11 is 1.90. The first-order chi connectivity index (χ1) is 6.20. The first-order valence-corrected chi connectivity index (χ1v) is 6.39. The maximum Gasteiger partial charge on any atom is 0.136 e. The average molecular weight is 200 g/mol. The zero-order chi connectivity index (χ0) is 9.68. The van der Waals surface area contributed by atoms with E-state index in [0.29, 0.717) is 17.0 Å².